The van der Waals surface area contributed by atoms with Gasteiger partial charge in [-0.2, -0.15) is 0 Å². The van der Waals surface area contributed by atoms with Crippen LogP contribution in [0.4, 0.5) is 5.82 Å². The van der Waals surface area contributed by atoms with Crippen LogP contribution >= 0.6 is 0 Å². The van der Waals surface area contributed by atoms with E-state index in [2.05, 4.69) is 9.97 Å². The van der Waals surface area contributed by atoms with E-state index in [1.54, 1.807) is 20.3 Å². The van der Waals surface area contributed by atoms with Gasteiger partial charge in [-0.1, -0.05) is 20.8 Å². The highest BCUT2D eigenvalue weighted by atomic mass is 16.5. The number of benzene rings is 1. The van der Waals surface area contributed by atoms with Crippen LogP contribution in [0, 0.1) is 0 Å². The molecule has 0 aliphatic rings. The summed E-state index contributed by atoms with van der Waals surface area (Å²) in [4.78, 5) is 8.96. The number of rotatable bonds is 3. The molecule has 2 aromatic rings. The van der Waals surface area contributed by atoms with Crippen LogP contribution in [0.2, 0.25) is 0 Å². The lowest BCUT2D eigenvalue weighted by atomic mass is 9.95. The van der Waals surface area contributed by atoms with Gasteiger partial charge < -0.3 is 15.2 Å². The fourth-order valence-corrected chi connectivity index (χ4v) is 1.95. The van der Waals surface area contributed by atoms with Gasteiger partial charge in [0.05, 0.1) is 19.9 Å². The van der Waals surface area contributed by atoms with Crippen molar-refractivity contribution in [1.29, 1.82) is 0 Å². The van der Waals surface area contributed by atoms with E-state index in [1.165, 1.54) is 0 Å². The van der Waals surface area contributed by atoms with Crippen molar-refractivity contribution in [3.63, 3.8) is 0 Å². The molecule has 1 aromatic heterocycles. The number of aromatic nitrogens is 2. The predicted molar refractivity (Wildman–Crippen MR) is 83.7 cm³/mol. The molecule has 0 atom stereocenters. The Morgan fingerprint density at radius 1 is 1.00 bits per heavy atom. The number of methoxy groups -OCH3 is 2. The molecule has 5 heteroatoms. The summed E-state index contributed by atoms with van der Waals surface area (Å²) in [5, 5.41) is 0. The first-order valence-corrected chi connectivity index (χ1v) is 6.72. The van der Waals surface area contributed by atoms with Crippen molar-refractivity contribution in [1.82, 2.24) is 9.97 Å². The zero-order chi connectivity index (χ0) is 15.6. The Bertz CT molecular complexity index is 648. The van der Waals surface area contributed by atoms with Crippen molar-refractivity contribution in [3.8, 4) is 22.8 Å². The summed E-state index contributed by atoms with van der Waals surface area (Å²) in [7, 11) is 3.25. The molecule has 0 aliphatic carbocycles. The summed E-state index contributed by atoms with van der Waals surface area (Å²) in [5.74, 6) is 2.59. The Kier molecular flexibility index (Phi) is 4.02. The third-order valence-electron chi connectivity index (χ3n) is 3.10. The van der Waals surface area contributed by atoms with Gasteiger partial charge in [-0.3, -0.25) is 0 Å². The molecule has 0 amide bonds. The molecule has 0 unspecified atom stereocenters. The molecular weight excluding hydrogens is 266 g/mol. The maximum Gasteiger partial charge on any atom is 0.136 e. The van der Waals surface area contributed by atoms with Crippen molar-refractivity contribution < 1.29 is 9.47 Å². The zero-order valence-corrected chi connectivity index (χ0v) is 13.1. The highest BCUT2D eigenvalue weighted by molar-refractivity contribution is 5.70. The van der Waals surface area contributed by atoms with E-state index in [9.17, 15) is 0 Å². The topological polar surface area (TPSA) is 70.3 Å². The molecule has 0 aliphatic heterocycles. The molecular formula is C16H21N3O2. The lowest BCUT2D eigenvalue weighted by Gasteiger charge is -2.18. The van der Waals surface area contributed by atoms with Crippen molar-refractivity contribution >= 4 is 5.82 Å². The smallest absolute Gasteiger partial charge is 0.136 e. The average Bonchev–Trinajstić information content (AvgIpc) is 2.45. The second-order valence-corrected chi connectivity index (χ2v) is 5.82. The lowest BCUT2D eigenvalue weighted by molar-refractivity contribution is 0.404. The highest BCUT2D eigenvalue weighted by Gasteiger charge is 2.20. The summed E-state index contributed by atoms with van der Waals surface area (Å²) in [6.07, 6.45) is 0. The normalized spacial score (nSPS) is 11.3. The van der Waals surface area contributed by atoms with Gasteiger partial charge in [-0.25, -0.2) is 9.97 Å². The van der Waals surface area contributed by atoms with Gasteiger partial charge in [-0.15, -0.1) is 0 Å². The van der Waals surface area contributed by atoms with Gasteiger partial charge in [0.2, 0.25) is 0 Å². The first kappa shape index (κ1) is 15.1. The number of anilines is 1. The molecule has 0 bridgehead atoms. The van der Waals surface area contributed by atoms with E-state index in [0.29, 0.717) is 17.4 Å². The van der Waals surface area contributed by atoms with Gasteiger partial charge in [0.15, 0.2) is 0 Å². The second-order valence-electron chi connectivity index (χ2n) is 5.82. The standard InChI is InChI=1S/C16H21N3O2/c1-16(2,3)15-18-12(9-14(17)19-15)11-8-10(20-4)6-7-13(11)21-5/h6-9H,1-5H3,(H2,17,18,19). The molecule has 2 N–H and O–H groups in total. The first-order valence-electron chi connectivity index (χ1n) is 6.72. The number of nitrogens with two attached hydrogens (primary N) is 1. The fourth-order valence-electron chi connectivity index (χ4n) is 1.95. The summed E-state index contributed by atoms with van der Waals surface area (Å²) in [6.45, 7) is 6.15. The van der Waals surface area contributed by atoms with Gasteiger partial charge in [0, 0.05) is 17.0 Å². The highest BCUT2D eigenvalue weighted by Crippen LogP contribution is 2.34. The van der Waals surface area contributed by atoms with Crippen molar-refractivity contribution in [3.05, 3.63) is 30.1 Å². The number of ether oxygens (including phenoxy) is 2. The number of hydrogen-bond donors (Lipinski definition) is 1. The molecule has 1 heterocycles. The van der Waals surface area contributed by atoms with Crippen LogP contribution in [0.25, 0.3) is 11.3 Å². The van der Waals surface area contributed by atoms with Crippen LogP contribution in [-0.4, -0.2) is 24.2 Å². The molecule has 0 radical (unpaired) electrons. The minimum atomic E-state index is -0.184. The minimum absolute atomic E-state index is 0.184. The average molecular weight is 287 g/mol. The number of nitrogens with zero attached hydrogens (tertiary/aromatic N) is 2. The third kappa shape index (κ3) is 3.24. The first-order chi connectivity index (χ1) is 9.85. The zero-order valence-electron chi connectivity index (χ0n) is 13.1. The van der Waals surface area contributed by atoms with Crippen LogP contribution in [0.3, 0.4) is 0 Å². The molecule has 5 nitrogen and oxygen atoms in total. The largest absolute Gasteiger partial charge is 0.497 e. The summed E-state index contributed by atoms with van der Waals surface area (Å²) in [6, 6.07) is 7.32. The molecule has 2 rings (SSSR count). The van der Waals surface area contributed by atoms with Crippen molar-refractivity contribution in [2.45, 2.75) is 26.2 Å². The van der Waals surface area contributed by atoms with Crippen LogP contribution in [0.5, 0.6) is 11.5 Å². The lowest BCUT2D eigenvalue weighted by Crippen LogP contribution is -2.17. The van der Waals surface area contributed by atoms with Gasteiger partial charge in [0.25, 0.3) is 0 Å². The van der Waals surface area contributed by atoms with Gasteiger partial charge >= 0.3 is 0 Å². The maximum absolute atomic E-state index is 5.93. The Balaban J connectivity index is 2.63. The summed E-state index contributed by atoms with van der Waals surface area (Å²) < 4.78 is 10.7. The molecule has 21 heavy (non-hydrogen) atoms. The quantitative estimate of drug-likeness (QED) is 0.939. The van der Waals surface area contributed by atoms with E-state index < -0.39 is 0 Å². The van der Waals surface area contributed by atoms with E-state index in [0.717, 1.165) is 17.0 Å². The monoisotopic (exact) mass is 287 g/mol. The maximum atomic E-state index is 5.93. The second kappa shape index (κ2) is 5.60. The van der Waals surface area contributed by atoms with Crippen LogP contribution in [0.15, 0.2) is 24.3 Å². The number of nitrogen functional groups attached to an aromatic ring is 1. The molecule has 0 fully saturated rings. The fraction of sp³-hybridized carbons (Fsp3) is 0.375. The predicted octanol–water partition coefficient (Wildman–Crippen LogP) is 3.04. The Morgan fingerprint density at radius 2 is 1.71 bits per heavy atom. The molecule has 0 saturated heterocycles. The molecule has 112 valence electrons. The SMILES string of the molecule is COc1ccc(OC)c(-c2cc(N)nc(C(C)(C)C)n2)c1. The van der Waals surface area contributed by atoms with Crippen molar-refractivity contribution in [2.75, 3.05) is 20.0 Å². The molecule has 1 aromatic carbocycles. The molecule has 0 saturated carbocycles. The minimum Gasteiger partial charge on any atom is -0.497 e. The van der Waals surface area contributed by atoms with E-state index >= 15 is 0 Å². The Morgan fingerprint density at radius 3 is 2.29 bits per heavy atom. The van der Waals surface area contributed by atoms with Gasteiger partial charge in [-0.05, 0) is 18.2 Å². The summed E-state index contributed by atoms with van der Waals surface area (Å²) >= 11 is 0. The van der Waals surface area contributed by atoms with E-state index in [-0.39, 0.29) is 5.41 Å². The Hall–Kier alpha value is -2.30. The van der Waals surface area contributed by atoms with E-state index in [4.69, 9.17) is 15.2 Å². The number of hydrogen-bond acceptors (Lipinski definition) is 5. The van der Waals surface area contributed by atoms with Crippen LogP contribution in [-0.2, 0) is 5.41 Å². The van der Waals surface area contributed by atoms with E-state index in [1.807, 2.05) is 39.0 Å². The third-order valence-corrected chi connectivity index (χ3v) is 3.10. The van der Waals surface area contributed by atoms with Crippen LogP contribution in [0.1, 0.15) is 26.6 Å². The van der Waals surface area contributed by atoms with Crippen LogP contribution < -0.4 is 15.2 Å². The van der Waals surface area contributed by atoms with Gasteiger partial charge in [0.1, 0.15) is 23.1 Å². The summed E-state index contributed by atoms with van der Waals surface area (Å²) in [5.41, 5.74) is 7.30. The molecule has 0 spiro atoms. The van der Waals surface area contributed by atoms with Crippen molar-refractivity contribution in [2.24, 2.45) is 0 Å². The Labute approximate surface area is 125 Å².